The highest BCUT2D eigenvalue weighted by molar-refractivity contribution is 9.10. The van der Waals surface area contributed by atoms with Crippen molar-refractivity contribution in [3.8, 4) is 0 Å². The molecule has 1 heterocycles. The summed E-state index contributed by atoms with van der Waals surface area (Å²) in [5.41, 5.74) is 7.24. The lowest BCUT2D eigenvalue weighted by Gasteiger charge is -2.20. The van der Waals surface area contributed by atoms with Crippen LogP contribution in [0.2, 0.25) is 0 Å². The van der Waals surface area contributed by atoms with Crippen molar-refractivity contribution in [3.63, 3.8) is 0 Å². The highest BCUT2D eigenvalue weighted by Crippen LogP contribution is 2.23. The van der Waals surface area contributed by atoms with Gasteiger partial charge >= 0.3 is 0 Å². The Morgan fingerprint density at radius 3 is 2.88 bits per heavy atom. The number of rotatable bonds is 2. The summed E-state index contributed by atoms with van der Waals surface area (Å²) in [6, 6.07) is 5.00. The molecule has 0 saturated heterocycles. The third-order valence-corrected chi connectivity index (χ3v) is 3.48. The fourth-order valence-corrected chi connectivity index (χ4v) is 2.12. The number of nitrogens with two attached hydrogens (primary N) is 1. The Morgan fingerprint density at radius 1 is 1.47 bits per heavy atom. The fraction of sp³-hybridized carbons (Fsp3) is 0.333. The van der Waals surface area contributed by atoms with Crippen LogP contribution in [0.15, 0.2) is 32.9 Å². The van der Waals surface area contributed by atoms with Gasteiger partial charge in [-0.05, 0) is 34.5 Å². The lowest BCUT2D eigenvalue weighted by molar-refractivity contribution is 0.619. The summed E-state index contributed by atoms with van der Waals surface area (Å²) in [5.74, 6) is 0.467. The second-order valence-corrected chi connectivity index (χ2v) is 4.87. The average Bonchev–Trinajstić information content (AvgIpc) is 2.32. The minimum Gasteiger partial charge on any atom is -0.386 e. The standard InChI is InChI=1S/C12H13BrFN3/c1-2-7-6-11(15)16-17-12(7)8-3-4-9(13)10(14)5-8/h3-5,7H,2,6H2,1H3,(H2,15,16). The van der Waals surface area contributed by atoms with Crippen LogP contribution in [0.5, 0.6) is 0 Å². The minimum absolute atomic E-state index is 0.216. The van der Waals surface area contributed by atoms with E-state index in [9.17, 15) is 4.39 Å². The zero-order valence-corrected chi connectivity index (χ0v) is 11.0. The van der Waals surface area contributed by atoms with Crippen molar-refractivity contribution in [2.75, 3.05) is 0 Å². The van der Waals surface area contributed by atoms with Crippen molar-refractivity contribution in [1.29, 1.82) is 0 Å². The lowest BCUT2D eigenvalue weighted by atomic mass is 9.90. The summed E-state index contributed by atoms with van der Waals surface area (Å²) in [5, 5.41) is 7.99. The van der Waals surface area contributed by atoms with E-state index >= 15 is 0 Å². The predicted molar refractivity (Wildman–Crippen MR) is 70.7 cm³/mol. The third-order valence-electron chi connectivity index (χ3n) is 2.84. The molecule has 5 heteroatoms. The van der Waals surface area contributed by atoms with Crippen molar-refractivity contribution in [1.82, 2.24) is 0 Å². The molecule has 0 aliphatic carbocycles. The van der Waals surface area contributed by atoms with E-state index in [0.717, 1.165) is 17.7 Å². The van der Waals surface area contributed by atoms with Gasteiger partial charge in [0, 0.05) is 17.9 Å². The summed E-state index contributed by atoms with van der Waals surface area (Å²) in [7, 11) is 0. The van der Waals surface area contributed by atoms with Gasteiger partial charge in [-0.25, -0.2) is 4.39 Å². The van der Waals surface area contributed by atoms with Gasteiger partial charge in [0.15, 0.2) is 0 Å². The first-order valence-electron chi connectivity index (χ1n) is 5.47. The Kier molecular flexibility index (Phi) is 3.57. The van der Waals surface area contributed by atoms with Gasteiger partial charge < -0.3 is 5.73 Å². The van der Waals surface area contributed by atoms with E-state index in [1.54, 1.807) is 6.07 Å². The molecular formula is C12H13BrFN3. The first kappa shape index (κ1) is 12.2. The smallest absolute Gasteiger partial charge is 0.138 e. The first-order valence-corrected chi connectivity index (χ1v) is 6.26. The molecule has 1 aromatic carbocycles. The molecule has 3 nitrogen and oxygen atoms in total. The fourth-order valence-electron chi connectivity index (χ4n) is 1.88. The van der Waals surface area contributed by atoms with E-state index in [-0.39, 0.29) is 11.7 Å². The zero-order valence-electron chi connectivity index (χ0n) is 9.45. The van der Waals surface area contributed by atoms with Crippen LogP contribution in [0.3, 0.4) is 0 Å². The summed E-state index contributed by atoms with van der Waals surface area (Å²) >= 11 is 3.13. The molecule has 0 aromatic heterocycles. The van der Waals surface area contributed by atoms with Crippen molar-refractivity contribution in [2.24, 2.45) is 21.9 Å². The molecular weight excluding hydrogens is 285 g/mol. The van der Waals surface area contributed by atoms with Gasteiger partial charge in [-0.15, -0.1) is 5.10 Å². The molecule has 2 rings (SSSR count). The zero-order chi connectivity index (χ0) is 12.4. The Labute approximate surface area is 108 Å². The van der Waals surface area contributed by atoms with Crippen molar-refractivity contribution >= 4 is 27.5 Å². The minimum atomic E-state index is -0.289. The number of amidine groups is 1. The molecule has 17 heavy (non-hydrogen) atoms. The molecule has 1 unspecified atom stereocenters. The Hall–Kier alpha value is -1.23. The second kappa shape index (κ2) is 4.96. The summed E-state index contributed by atoms with van der Waals surface area (Å²) in [6.07, 6.45) is 1.60. The van der Waals surface area contributed by atoms with Gasteiger partial charge in [0.05, 0.1) is 10.2 Å². The molecule has 0 amide bonds. The molecule has 0 fully saturated rings. The Balaban J connectivity index is 2.40. The molecule has 2 N–H and O–H groups in total. The molecule has 0 radical (unpaired) electrons. The van der Waals surface area contributed by atoms with Crippen LogP contribution in [0.25, 0.3) is 0 Å². The average molecular weight is 298 g/mol. The van der Waals surface area contributed by atoms with Gasteiger partial charge in [0.2, 0.25) is 0 Å². The number of benzene rings is 1. The number of nitrogens with zero attached hydrogens (tertiary/aromatic N) is 2. The van der Waals surface area contributed by atoms with Gasteiger partial charge in [0.25, 0.3) is 0 Å². The maximum absolute atomic E-state index is 13.5. The normalized spacial score (nSPS) is 19.8. The number of hydrogen-bond acceptors (Lipinski definition) is 3. The predicted octanol–water partition coefficient (Wildman–Crippen LogP) is 3.08. The molecule has 1 aliphatic rings. The molecule has 1 atom stereocenters. The maximum Gasteiger partial charge on any atom is 0.138 e. The molecule has 1 aliphatic heterocycles. The third kappa shape index (κ3) is 2.54. The van der Waals surface area contributed by atoms with E-state index in [1.165, 1.54) is 6.07 Å². The van der Waals surface area contributed by atoms with Gasteiger partial charge in [-0.1, -0.05) is 13.0 Å². The topological polar surface area (TPSA) is 50.7 Å². The highest BCUT2D eigenvalue weighted by Gasteiger charge is 2.21. The molecule has 0 bridgehead atoms. The first-order chi connectivity index (χ1) is 8.11. The Morgan fingerprint density at radius 2 is 2.24 bits per heavy atom. The van der Waals surface area contributed by atoms with Crippen LogP contribution in [0, 0.1) is 11.7 Å². The molecule has 0 saturated carbocycles. The van der Waals surface area contributed by atoms with E-state index in [1.807, 2.05) is 6.07 Å². The molecule has 90 valence electrons. The van der Waals surface area contributed by atoms with Gasteiger partial charge in [-0.2, -0.15) is 5.10 Å². The van der Waals surface area contributed by atoms with Crippen molar-refractivity contribution in [3.05, 3.63) is 34.1 Å². The van der Waals surface area contributed by atoms with Crippen molar-refractivity contribution < 1.29 is 4.39 Å². The largest absolute Gasteiger partial charge is 0.386 e. The van der Waals surface area contributed by atoms with Crippen molar-refractivity contribution in [2.45, 2.75) is 19.8 Å². The van der Waals surface area contributed by atoms with Gasteiger partial charge in [0.1, 0.15) is 11.7 Å². The van der Waals surface area contributed by atoms with E-state index in [0.29, 0.717) is 16.7 Å². The van der Waals surface area contributed by atoms with E-state index < -0.39 is 0 Å². The number of halogens is 2. The van der Waals surface area contributed by atoms with Crippen LogP contribution < -0.4 is 5.73 Å². The van der Waals surface area contributed by atoms with Crippen LogP contribution in [-0.2, 0) is 0 Å². The van der Waals surface area contributed by atoms with Gasteiger partial charge in [-0.3, -0.25) is 0 Å². The monoisotopic (exact) mass is 297 g/mol. The SMILES string of the molecule is CCC1CC(N)=NN=C1c1ccc(Br)c(F)c1. The second-order valence-electron chi connectivity index (χ2n) is 4.01. The molecule has 0 spiro atoms. The highest BCUT2D eigenvalue weighted by atomic mass is 79.9. The van der Waals surface area contributed by atoms with Crippen LogP contribution in [0.1, 0.15) is 25.3 Å². The lowest BCUT2D eigenvalue weighted by Crippen LogP contribution is -2.26. The van der Waals surface area contributed by atoms with Crippen LogP contribution in [0.4, 0.5) is 4.39 Å². The summed E-state index contributed by atoms with van der Waals surface area (Å²) < 4.78 is 13.9. The Bertz CT molecular complexity index is 497. The quantitative estimate of drug-likeness (QED) is 0.896. The van der Waals surface area contributed by atoms with Crippen LogP contribution in [-0.4, -0.2) is 11.5 Å². The number of hydrogen-bond donors (Lipinski definition) is 1. The maximum atomic E-state index is 13.5. The van der Waals surface area contributed by atoms with Crippen LogP contribution >= 0.6 is 15.9 Å². The summed E-state index contributed by atoms with van der Waals surface area (Å²) in [6.45, 7) is 2.06. The van der Waals surface area contributed by atoms with E-state index in [4.69, 9.17) is 5.73 Å². The molecule has 1 aromatic rings. The summed E-state index contributed by atoms with van der Waals surface area (Å²) in [4.78, 5) is 0. The van der Waals surface area contributed by atoms with E-state index in [2.05, 4.69) is 33.1 Å².